The van der Waals surface area contributed by atoms with Gasteiger partial charge in [0, 0.05) is 19.7 Å². The Bertz CT molecular complexity index is 457. The van der Waals surface area contributed by atoms with Crippen molar-refractivity contribution in [2.45, 2.75) is 63.5 Å². The van der Waals surface area contributed by atoms with E-state index >= 15 is 0 Å². The molecule has 0 amide bonds. The Morgan fingerprint density at radius 1 is 1.40 bits per heavy atom. The third-order valence-electron chi connectivity index (χ3n) is 5.18. The zero-order chi connectivity index (χ0) is 14.2. The van der Waals surface area contributed by atoms with Gasteiger partial charge in [0.1, 0.15) is 0 Å². The first-order valence-electron chi connectivity index (χ1n) is 8.00. The summed E-state index contributed by atoms with van der Waals surface area (Å²) in [5, 5.41) is 4.44. The van der Waals surface area contributed by atoms with E-state index in [1.54, 1.807) is 0 Å². The van der Waals surface area contributed by atoms with Crippen LogP contribution in [0.1, 0.15) is 62.4 Å². The van der Waals surface area contributed by atoms with Crippen molar-refractivity contribution in [3.8, 4) is 0 Å². The van der Waals surface area contributed by atoms with Gasteiger partial charge in [-0.15, -0.1) is 0 Å². The molecule has 1 saturated carbocycles. The fraction of sp³-hybridized carbons (Fsp3) is 0.812. The van der Waals surface area contributed by atoms with Crippen LogP contribution in [-0.4, -0.2) is 22.0 Å². The molecule has 112 valence electrons. The molecule has 2 aliphatic rings. The molecule has 4 nitrogen and oxygen atoms in total. The van der Waals surface area contributed by atoms with Gasteiger partial charge in [0.15, 0.2) is 0 Å². The Morgan fingerprint density at radius 2 is 2.15 bits per heavy atom. The minimum Gasteiger partial charge on any atom is -0.375 e. The average molecular weight is 277 g/mol. The second-order valence-corrected chi connectivity index (χ2v) is 6.70. The molecule has 1 aromatic heterocycles. The normalized spacial score (nSPS) is 27.6. The standard InChI is InChI=1S/C16H27N3O/c1-12-10-14(19(2)18-12)15(17)13-6-9-20-16(11-13)7-4-3-5-8-16/h10,13,15H,3-9,11,17H2,1-2H3. The summed E-state index contributed by atoms with van der Waals surface area (Å²) in [6.45, 7) is 2.90. The highest BCUT2D eigenvalue weighted by atomic mass is 16.5. The fourth-order valence-corrected chi connectivity index (χ4v) is 4.10. The first-order valence-corrected chi connectivity index (χ1v) is 8.00. The molecule has 3 rings (SSSR count). The molecule has 1 spiro atoms. The Balaban J connectivity index is 1.74. The van der Waals surface area contributed by atoms with E-state index in [2.05, 4.69) is 11.2 Å². The summed E-state index contributed by atoms with van der Waals surface area (Å²) in [6.07, 6.45) is 8.63. The van der Waals surface area contributed by atoms with E-state index in [-0.39, 0.29) is 11.6 Å². The molecule has 0 radical (unpaired) electrons. The van der Waals surface area contributed by atoms with Gasteiger partial charge in [0.2, 0.25) is 0 Å². The van der Waals surface area contributed by atoms with Gasteiger partial charge in [0.05, 0.1) is 17.0 Å². The summed E-state index contributed by atoms with van der Waals surface area (Å²) in [5.41, 5.74) is 8.91. The van der Waals surface area contributed by atoms with E-state index in [1.807, 2.05) is 18.7 Å². The predicted molar refractivity (Wildman–Crippen MR) is 79.4 cm³/mol. The van der Waals surface area contributed by atoms with Gasteiger partial charge in [-0.25, -0.2) is 0 Å². The lowest BCUT2D eigenvalue weighted by molar-refractivity contribution is -0.120. The van der Waals surface area contributed by atoms with Crippen LogP contribution in [0.4, 0.5) is 0 Å². The number of hydrogen-bond acceptors (Lipinski definition) is 3. The molecule has 2 atom stereocenters. The fourth-order valence-electron chi connectivity index (χ4n) is 4.10. The van der Waals surface area contributed by atoms with Gasteiger partial charge in [0.25, 0.3) is 0 Å². The molecule has 2 fully saturated rings. The number of hydrogen-bond donors (Lipinski definition) is 1. The molecule has 0 aromatic carbocycles. The van der Waals surface area contributed by atoms with Crippen LogP contribution >= 0.6 is 0 Å². The van der Waals surface area contributed by atoms with Gasteiger partial charge in [-0.2, -0.15) is 5.10 Å². The van der Waals surface area contributed by atoms with Crippen molar-refractivity contribution in [3.05, 3.63) is 17.5 Å². The van der Waals surface area contributed by atoms with E-state index < -0.39 is 0 Å². The van der Waals surface area contributed by atoms with Crippen LogP contribution in [0.3, 0.4) is 0 Å². The maximum atomic E-state index is 6.56. The Hall–Kier alpha value is -0.870. The molecular formula is C16H27N3O. The molecule has 20 heavy (non-hydrogen) atoms. The number of aromatic nitrogens is 2. The van der Waals surface area contributed by atoms with Gasteiger partial charge in [-0.05, 0) is 44.6 Å². The molecule has 2 N–H and O–H groups in total. The molecule has 1 aliphatic carbocycles. The number of ether oxygens (including phenoxy) is 1. The average Bonchev–Trinajstić information content (AvgIpc) is 2.78. The van der Waals surface area contributed by atoms with Crippen LogP contribution in [0.25, 0.3) is 0 Å². The largest absolute Gasteiger partial charge is 0.375 e. The lowest BCUT2D eigenvalue weighted by atomic mass is 9.74. The maximum Gasteiger partial charge on any atom is 0.0686 e. The first-order chi connectivity index (χ1) is 9.60. The highest BCUT2D eigenvalue weighted by molar-refractivity contribution is 5.14. The Labute approximate surface area is 121 Å². The maximum absolute atomic E-state index is 6.56. The molecule has 1 saturated heterocycles. The van der Waals surface area contributed by atoms with Crippen LogP contribution in [0.2, 0.25) is 0 Å². The van der Waals surface area contributed by atoms with Crippen molar-refractivity contribution in [1.82, 2.24) is 9.78 Å². The lowest BCUT2D eigenvalue weighted by Gasteiger charge is -2.45. The smallest absolute Gasteiger partial charge is 0.0686 e. The van der Waals surface area contributed by atoms with Crippen LogP contribution in [0.15, 0.2) is 6.07 Å². The SMILES string of the molecule is Cc1cc(C(N)C2CCOC3(CCCCC3)C2)n(C)n1. The minimum atomic E-state index is 0.0869. The van der Waals surface area contributed by atoms with Gasteiger partial charge in [-0.1, -0.05) is 19.3 Å². The quantitative estimate of drug-likeness (QED) is 0.904. The van der Waals surface area contributed by atoms with E-state index in [0.29, 0.717) is 5.92 Å². The topological polar surface area (TPSA) is 53.1 Å². The third kappa shape index (κ3) is 2.63. The van der Waals surface area contributed by atoms with Crippen molar-refractivity contribution in [1.29, 1.82) is 0 Å². The summed E-state index contributed by atoms with van der Waals surface area (Å²) in [7, 11) is 2.00. The van der Waals surface area contributed by atoms with Gasteiger partial charge < -0.3 is 10.5 Å². The van der Waals surface area contributed by atoms with E-state index in [4.69, 9.17) is 10.5 Å². The Kier molecular flexibility index (Phi) is 3.87. The summed E-state index contributed by atoms with van der Waals surface area (Å²) in [6, 6.07) is 2.22. The molecule has 0 bridgehead atoms. The monoisotopic (exact) mass is 277 g/mol. The number of nitrogens with zero attached hydrogens (tertiary/aromatic N) is 2. The van der Waals surface area contributed by atoms with Crippen molar-refractivity contribution in [2.75, 3.05) is 6.61 Å². The molecule has 4 heteroatoms. The number of aryl methyl sites for hydroxylation is 2. The molecule has 2 heterocycles. The van der Waals surface area contributed by atoms with E-state index in [1.165, 1.54) is 37.8 Å². The zero-order valence-electron chi connectivity index (χ0n) is 12.8. The van der Waals surface area contributed by atoms with Crippen LogP contribution < -0.4 is 5.73 Å². The lowest BCUT2D eigenvalue weighted by Crippen LogP contribution is -2.44. The zero-order valence-corrected chi connectivity index (χ0v) is 12.8. The highest BCUT2D eigenvalue weighted by Gasteiger charge is 2.40. The minimum absolute atomic E-state index is 0.0869. The summed E-state index contributed by atoms with van der Waals surface area (Å²) in [5.74, 6) is 0.525. The van der Waals surface area contributed by atoms with E-state index in [0.717, 1.165) is 25.1 Å². The summed E-state index contributed by atoms with van der Waals surface area (Å²) in [4.78, 5) is 0. The molecule has 1 aromatic rings. The second kappa shape index (κ2) is 5.49. The summed E-state index contributed by atoms with van der Waals surface area (Å²) >= 11 is 0. The number of rotatable bonds is 2. The molecule has 1 aliphatic heterocycles. The Morgan fingerprint density at radius 3 is 2.80 bits per heavy atom. The summed E-state index contributed by atoms with van der Waals surface area (Å²) < 4.78 is 8.13. The van der Waals surface area contributed by atoms with Gasteiger partial charge in [-0.3, -0.25) is 4.68 Å². The predicted octanol–water partition coefficient (Wildman–Crippen LogP) is 2.86. The van der Waals surface area contributed by atoms with E-state index in [9.17, 15) is 0 Å². The van der Waals surface area contributed by atoms with Crippen LogP contribution in [-0.2, 0) is 11.8 Å². The highest BCUT2D eigenvalue weighted by Crippen LogP contribution is 2.43. The van der Waals surface area contributed by atoms with Gasteiger partial charge >= 0.3 is 0 Å². The number of nitrogens with two attached hydrogens (primary N) is 1. The van der Waals surface area contributed by atoms with Crippen LogP contribution in [0, 0.1) is 12.8 Å². The van der Waals surface area contributed by atoms with Crippen LogP contribution in [0.5, 0.6) is 0 Å². The van der Waals surface area contributed by atoms with Crippen molar-refractivity contribution >= 4 is 0 Å². The van der Waals surface area contributed by atoms with Crippen molar-refractivity contribution < 1.29 is 4.74 Å². The van der Waals surface area contributed by atoms with Crippen molar-refractivity contribution in [2.24, 2.45) is 18.7 Å². The molecular weight excluding hydrogens is 250 g/mol. The third-order valence-corrected chi connectivity index (χ3v) is 5.18. The first kappa shape index (κ1) is 14.1. The van der Waals surface area contributed by atoms with Crippen molar-refractivity contribution in [3.63, 3.8) is 0 Å². The second-order valence-electron chi connectivity index (χ2n) is 6.70. The molecule has 2 unspecified atom stereocenters.